The molecule has 0 unspecified atom stereocenters. The Bertz CT molecular complexity index is 555. The molecule has 0 radical (unpaired) electrons. The quantitative estimate of drug-likeness (QED) is 0.812. The van der Waals surface area contributed by atoms with Crippen LogP contribution in [0.2, 0.25) is 5.02 Å². The molecule has 0 aromatic heterocycles. The molecule has 0 fully saturated rings. The van der Waals surface area contributed by atoms with E-state index in [1.54, 1.807) is 24.3 Å². The largest absolute Gasteiger partial charge is 0.508 e. The van der Waals surface area contributed by atoms with Crippen molar-refractivity contribution in [3.8, 4) is 22.9 Å². The van der Waals surface area contributed by atoms with Crippen LogP contribution in [0.4, 0.5) is 0 Å². The maximum Gasteiger partial charge on any atom is 0.117 e. The van der Waals surface area contributed by atoms with Crippen LogP contribution in [0.5, 0.6) is 5.75 Å². The molecule has 0 saturated carbocycles. The second-order valence-electron chi connectivity index (χ2n) is 3.39. The third-order valence-electron chi connectivity index (χ3n) is 2.22. The maximum absolute atomic E-state index is 9.46. The highest BCUT2D eigenvalue weighted by Crippen LogP contribution is 2.26. The number of phenols is 1. The van der Waals surface area contributed by atoms with E-state index in [9.17, 15) is 5.11 Å². The van der Waals surface area contributed by atoms with Crippen molar-refractivity contribution >= 4 is 11.6 Å². The molecule has 0 heterocycles. The third-order valence-corrected chi connectivity index (χ3v) is 2.48. The number of phenolic OH excluding ortho intramolecular Hbond substituents is 1. The predicted molar refractivity (Wildman–Crippen MR) is 63.3 cm³/mol. The lowest BCUT2D eigenvalue weighted by Crippen LogP contribution is -1.80. The van der Waals surface area contributed by atoms with Crippen LogP contribution < -0.4 is 0 Å². The second kappa shape index (κ2) is 4.26. The molecule has 3 heteroatoms. The predicted octanol–water partition coefficient (Wildman–Crippen LogP) is 3.58. The summed E-state index contributed by atoms with van der Waals surface area (Å²) in [5, 5.41) is 18.9. The van der Waals surface area contributed by atoms with E-state index in [-0.39, 0.29) is 5.75 Å². The van der Waals surface area contributed by atoms with Crippen molar-refractivity contribution in [2.45, 2.75) is 0 Å². The zero-order chi connectivity index (χ0) is 11.5. The summed E-state index contributed by atoms with van der Waals surface area (Å²) in [5.74, 6) is 0.0870. The van der Waals surface area contributed by atoms with Crippen molar-refractivity contribution in [2.24, 2.45) is 0 Å². The molecule has 78 valence electrons. The fraction of sp³-hybridized carbons (Fsp3) is 0. The van der Waals surface area contributed by atoms with Crippen molar-refractivity contribution in [1.82, 2.24) is 0 Å². The molecule has 2 nitrogen and oxygen atoms in total. The highest BCUT2D eigenvalue weighted by molar-refractivity contribution is 6.30. The summed E-state index contributed by atoms with van der Waals surface area (Å²) in [4.78, 5) is 0. The highest BCUT2D eigenvalue weighted by atomic mass is 35.5. The molecule has 0 spiro atoms. The van der Waals surface area contributed by atoms with Crippen molar-refractivity contribution < 1.29 is 5.11 Å². The molecule has 0 saturated heterocycles. The fourth-order valence-electron chi connectivity index (χ4n) is 1.48. The first kappa shape index (κ1) is 10.5. The monoisotopic (exact) mass is 229 g/mol. The van der Waals surface area contributed by atoms with E-state index >= 15 is 0 Å². The Kier molecular flexibility index (Phi) is 2.80. The highest BCUT2D eigenvalue weighted by Gasteiger charge is 2.02. The van der Waals surface area contributed by atoms with Crippen molar-refractivity contribution in [3.05, 3.63) is 53.1 Å². The zero-order valence-corrected chi connectivity index (χ0v) is 9.07. The van der Waals surface area contributed by atoms with Crippen LogP contribution in [0.15, 0.2) is 42.5 Å². The molecule has 16 heavy (non-hydrogen) atoms. The van der Waals surface area contributed by atoms with Gasteiger partial charge in [0.25, 0.3) is 0 Å². The zero-order valence-electron chi connectivity index (χ0n) is 8.31. The second-order valence-corrected chi connectivity index (χ2v) is 3.82. The van der Waals surface area contributed by atoms with Gasteiger partial charge in [0.15, 0.2) is 0 Å². The average molecular weight is 230 g/mol. The van der Waals surface area contributed by atoms with Gasteiger partial charge in [0.05, 0.1) is 11.6 Å². The number of benzene rings is 2. The van der Waals surface area contributed by atoms with Gasteiger partial charge in [-0.05, 0) is 41.5 Å². The van der Waals surface area contributed by atoms with Crippen LogP contribution in [-0.4, -0.2) is 5.11 Å². The van der Waals surface area contributed by atoms with E-state index in [4.69, 9.17) is 16.9 Å². The minimum Gasteiger partial charge on any atom is -0.508 e. The van der Waals surface area contributed by atoms with Crippen molar-refractivity contribution in [1.29, 1.82) is 5.26 Å². The van der Waals surface area contributed by atoms with E-state index in [1.807, 2.05) is 18.2 Å². The van der Waals surface area contributed by atoms with E-state index < -0.39 is 0 Å². The third kappa shape index (κ3) is 2.16. The standard InChI is InChI=1S/C13H8ClNO/c14-12-3-1-10(2-4-12)11-5-9(8-15)6-13(16)7-11/h1-7,16H. The van der Waals surface area contributed by atoms with E-state index in [0.717, 1.165) is 11.1 Å². The van der Waals surface area contributed by atoms with Crippen LogP contribution in [0.25, 0.3) is 11.1 Å². The van der Waals surface area contributed by atoms with E-state index in [2.05, 4.69) is 0 Å². The first-order valence-electron chi connectivity index (χ1n) is 4.69. The van der Waals surface area contributed by atoms with Gasteiger partial charge in [-0.25, -0.2) is 0 Å². The number of hydrogen-bond donors (Lipinski definition) is 1. The Labute approximate surface area is 98.3 Å². The van der Waals surface area contributed by atoms with Gasteiger partial charge in [0, 0.05) is 5.02 Å². The summed E-state index contributed by atoms with van der Waals surface area (Å²) < 4.78 is 0. The lowest BCUT2D eigenvalue weighted by atomic mass is 10.0. The summed E-state index contributed by atoms with van der Waals surface area (Å²) >= 11 is 5.79. The summed E-state index contributed by atoms with van der Waals surface area (Å²) in [6, 6.07) is 14.0. The lowest BCUT2D eigenvalue weighted by molar-refractivity contribution is 0.475. The molecule has 0 aliphatic rings. The summed E-state index contributed by atoms with van der Waals surface area (Å²) in [6.07, 6.45) is 0. The average Bonchev–Trinajstić information content (AvgIpc) is 2.29. The molecular weight excluding hydrogens is 222 g/mol. The molecule has 2 rings (SSSR count). The number of nitrogens with zero attached hydrogens (tertiary/aromatic N) is 1. The van der Waals surface area contributed by atoms with E-state index in [0.29, 0.717) is 10.6 Å². The Morgan fingerprint density at radius 1 is 1.00 bits per heavy atom. The minimum absolute atomic E-state index is 0.0870. The summed E-state index contributed by atoms with van der Waals surface area (Å²) in [5.41, 5.74) is 2.15. The normalized spacial score (nSPS) is 9.75. The Morgan fingerprint density at radius 3 is 2.31 bits per heavy atom. The van der Waals surface area contributed by atoms with Gasteiger partial charge in [-0.2, -0.15) is 5.26 Å². The number of halogens is 1. The first-order valence-corrected chi connectivity index (χ1v) is 5.07. The molecule has 0 aliphatic carbocycles. The number of hydrogen-bond acceptors (Lipinski definition) is 2. The minimum atomic E-state index is 0.0870. The van der Waals surface area contributed by atoms with Gasteiger partial charge in [0.2, 0.25) is 0 Å². The Balaban J connectivity index is 2.52. The SMILES string of the molecule is N#Cc1cc(O)cc(-c2ccc(Cl)cc2)c1. The Hall–Kier alpha value is -1.98. The number of nitriles is 1. The molecule has 2 aromatic rings. The van der Waals surface area contributed by atoms with Crippen molar-refractivity contribution in [3.63, 3.8) is 0 Å². The smallest absolute Gasteiger partial charge is 0.117 e. The van der Waals surface area contributed by atoms with Gasteiger partial charge in [-0.15, -0.1) is 0 Å². The molecule has 0 atom stereocenters. The Morgan fingerprint density at radius 2 is 1.69 bits per heavy atom. The first-order chi connectivity index (χ1) is 7.69. The topological polar surface area (TPSA) is 44.0 Å². The van der Waals surface area contributed by atoms with Crippen LogP contribution in [-0.2, 0) is 0 Å². The number of aromatic hydroxyl groups is 1. The van der Waals surface area contributed by atoms with E-state index in [1.165, 1.54) is 6.07 Å². The van der Waals surface area contributed by atoms with Crippen LogP contribution in [0.1, 0.15) is 5.56 Å². The van der Waals surface area contributed by atoms with Gasteiger partial charge < -0.3 is 5.11 Å². The molecule has 0 aliphatic heterocycles. The molecule has 1 N–H and O–H groups in total. The summed E-state index contributed by atoms with van der Waals surface area (Å²) in [7, 11) is 0. The van der Waals surface area contributed by atoms with Gasteiger partial charge >= 0.3 is 0 Å². The molecule has 0 bridgehead atoms. The van der Waals surface area contributed by atoms with Crippen LogP contribution in [0.3, 0.4) is 0 Å². The fourth-order valence-corrected chi connectivity index (χ4v) is 1.61. The summed E-state index contributed by atoms with van der Waals surface area (Å²) in [6.45, 7) is 0. The number of rotatable bonds is 1. The molecule has 0 amide bonds. The lowest BCUT2D eigenvalue weighted by Gasteiger charge is -2.03. The van der Waals surface area contributed by atoms with Gasteiger partial charge in [-0.3, -0.25) is 0 Å². The molecule has 2 aromatic carbocycles. The van der Waals surface area contributed by atoms with Gasteiger partial charge in [0.1, 0.15) is 5.75 Å². The van der Waals surface area contributed by atoms with Crippen molar-refractivity contribution in [2.75, 3.05) is 0 Å². The van der Waals surface area contributed by atoms with Crippen LogP contribution >= 0.6 is 11.6 Å². The van der Waals surface area contributed by atoms with Gasteiger partial charge in [-0.1, -0.05) is 23.7 Å². The maximum atomic E-state index is 9.46. The van der Waals surface area contributed by atoms with Crippen LogP contribution in [0, 0.1) is 11.3 Å². The molecular formula is C13H8ClNO.